The van der Waals surface area contributed by atoms with E-state index in [1.165, 1.54) is 24.3 Å². The standard InChI is InChI=1S/C21H22FN5O2/c1-26(2)13-3-12-23-21-18-10-9-17(27(28)29)14-19(18)24-20(25-21)11-6-15-4-7-16(22)8-5-15/h4-11,14H,3,12-13H2,1-2H3,(H,23,24,25)/b11-6+. The van der Waals surface area contributed by atoms with Crippen molar-refractivity contribution in [3.8, 4) is 0 Å². The lowest BCUT2D eigenvalue weighted by Gasteiger charge is -2.12. The molecule has 1 heterocycles. The average Bonchev–Trinajstić information content (AvgIpc) is 2.70. The maximum absolute atomic E-state index is 13.1. The van der Waals surface area contributed by atoms with E-state index in [1.54, 1.807) is 30.4 Å². The van der Waals surface area contributed by atoms with Gasteiger partial charge in [-0.1, -0.05) is 18.2 Å². The average molecular weight is 395 g/mol. The number of anilines is 1. The lowest BCUT2D eigenvalue weighted by molar-refractivity contribution is -0.384. The molecule has 0 radical (unpaired) electrons. The number of hydrogen-bond acceptors (Lipinski definition) is 6. The molecule has 3 aromatic rings. The van der Waals surface area contributed by atoms with E-state index in [2.05, 4.69) is 20.2 Å². The third kappa shape index (κ3) is 5.55. The molecule has 7 nitrogen and oxygen atoms in total. The summed E-state index contributed by atoms with van der Waals surface area (Å²) in [6.45, 7) is 1.64. The maximum atomic E-state index is 13.1. The van der Waals surface area contributed by atoms with E-state index in [4.69, 9.17) is 0 Å². The van der Waals surface area contributed by atoms with Crippen LogP contribution in [0, 0.1) is 15.9 Å². The van der Waals surface area contributed by atoms with E-state index >= 15 is 0 Å². The largest absolute Gasteiger partial charge is 0.369 e. The monoisotopic (exact) mass is 395 g/mol. The Labute approximate surface area is 168 Å². The Bertz CT molecular complexity index is 1040. The zero-order chi connectivity index (χ0) is 20.8. The van der Waals surface area contributed by atoms with Crippen LogP contribution in [0.5, 0.6) is 0 Å². The first-order valence-electron chi connectivity index (χ1n) is 9.21. The first-order chi connectivity index (χ1) is 13.9. The molecule has 0 bridgehead atoms. The molecule has 29 heavy (non-hydrogen) atoms. The van der Waals surface area contributed by atoms with E-state index in [0.29, 0.717) is 23.7 Å². The summed E-state index contributed by atoms with van der Waals surface area (Å²) in [7, 11) is 4.02. The number of rotatable bonds is 8. The van der Waals surface area contributed by atoms with Gasteiger partial charge < -0.3 is 10.2 Å². The van der Waals surface area contributed by atoms with Crippen molar-refractivity contribution in [1.82, 2.24) is 14.9 Å². The van der Waals surface area contributed by atoms with Gasteiger partial charge in [0.2, 0.25) is 0 Å². The highest BCUT2D eigenvalue weighted by molar-refractivity contribution is 5.91. The van der Waals surface area contributed by atoms with Gasteiger partial charge in [0.25, 0.3) is 5.69 Å². The highest BCUT2D eigenvalue weighted by atomic mass is 19.1. The van der Waals surface area contributed by atoms with Gasteiger partial charge in [-0.15, -0.1) is 0 Å². The summed E-state index contributed by atoms with van der Waals surface area (Å²) in [5, 5.41) is 15.2. The van der Waals surface area contributed by atoms with E-state index in [-0.39, 0.29) is 11.5 Å². The minimum atomic E-state index is -0.445. The second-order valence-corrected chi connectivity index (χ2v) is 6.86. The van der Waals surface area contributed by atoms with Crippen LogP contribution in [-0.2, 0) is 0 Å². The smallest absolute Gasteiger partial charge is 0.271 e. The van der Waals surface area contributed by atoms with Crippen LogP contribution in [-0.4, -0.2) is 47.0 Å². The minimum absolute atomic E-state index is 0.0248. The van der Waals surface area contributed by atoms with Gasteiger partial charge in [-0.25, -0.2) is 14.4 Å². The Kier molecular flexibility index (Phi) is 6.46. The molecule has 0 saturated heterocycles. The molecule has 2 aromatic carbocycles. The summed E-state index contributed by atoms with van der Waals surface area (Å²) in [5.74, 6) is 0.737. The minimum Gasteiger partial charge on any atom is -0.369 e. The molecule has 1 N–H and O–H groups in total. The van der Waals surface area contributed by atoms with Crippen molar-refractivity contribution in [3.05, 3.63) is 69.8 Å². The van der Waals surface area contributed by atoms with Gasteiger partial charge in [-0.05, 0) is 56.9 Å². The predicted octanol–water partition coefficient (Wildman–Crippen LogP) is 4.21. The zero-order valence-corrected chi connectivity index (χ0v) is 16.3. The molecule has 1 aromatic heterocycles. The van der Waals surface area contributed by atoms with Gasteiger partial charge in [-0.2, -0.15) is 0 Å². The van der Waals surface area contributed by atoms with Gasteiger partial charge in [0.05, 0.1) is 10.4 Å². The van der Waals surface area contributed by atoms with Crippen LogP contribution in [0.25, 0.3) is 23.1 Å². The normalized spacial score (nSPS) is 11.4. The van der Waals surface area contributed by atoms with Crippen molar-refractivity contribution < 1.29 is 9.31 Å². The molecule has 0 fully saturated rings. The molecule has 0 spiro atoms. The van der Waals surface area contributed by atoms with Gasteiger partial charge >= 0.3 is 0 Å². The number of hydrogen-bond donors (Lipinski definition) is 1. The Morgan fingerprint density at radius 1 is 1.14 bits per heavy atom. The van der Waals surface area contributed by atoms with Crippen molar-refractivity contribution in [1.29, 1.82) is 0 Å². The first-order valence-corrected chi connectivity index (χ1v) is 9.21. The topological polar surface area (TPSA) is 84.2 Å². The van der Waals surface area contributed by atoms with Crippen molar-refractivity contribution in [2.24, 2.45) is 0 Å². The maximum Gasteiger partial charge on any atom is 0.271 e. The number of nitro groups is 1. The Morgan fingerprint density at radius 3 is 2.59 bits per heavy atom. The van der Waals surface area contributed by atoms with Gasteiger partial charge in [-0.3, -0.25) is 10.1 Å². The van der Waals surface area contributed by atoms with Crippen LogP contribution in [0.15, 0.2) is 42.5 Å². The summed E-state index contributed by atoms with van der Waals surface area (Å²) in [5.41, 5.74) is 1.26. The number of nitro benzene ring substituents is 1. The number of nitrogens with zero attached hydrogens (tertiary/aromatic N) is 4. The molecule has 0 saturated carbocycles. The van der Waals surface area contributed by atoms with Crippen molar-refractivity contribution in [2.45, 2.75) is 6.42 Å². The Hall–Kier alpha value is -3.39. The lowest BCUT2D eigenvalue weighted by Crippen LogP contribution is -2.17. The van der Waals surface area contributed by atoms with E-state index in [9.17, 15) is 14.5 Å². The van der Waals surface area contributed by atoms with Gasteiger partial charge in [0.15, 0.2) is 5.82 Å². The van der Waals surface area contributed by atoms with Crippen molar-refractivity contribution >= 4 is 34.6 Å². The van der Waals surface area contributed by atoms with Gasteiger partial charge in [0, 0.05) is 24.1 Å². The van der Waals surface area contributed by atoms with Crippen LogP contribution in [0.1, 0.15) is 17.8 Å². The molecule has 8 heteroatoms. The number of non-ortho nitro benzene ring substituents is 1. The Morgan fingerprint density at radius 2 is 1.90 bits per heavy atom. The van der Waals surface area contributed by atoms with E-state index < -0.39 is 4.92 Å². The fourth-order valence-electron chi connectivity index (χ4n) is 2.81. The van der Waals surface area contributed by atoms with Crippen molar-refractivity contribution in [2.75, 3.05) is 32.5 Å². The summed E-state index contributed by atoms with van der Waals surface area (Å²) < 4.78 is 13.1. The number of aromatic nitrogens is 2. The SMILES string of the molecule is CN(C)CCCNc1nc(/C=C/c2ccc(F)cc2)nc2cc([N+](=O)[O-])ccc12. The third-order valence-corrected chi connectivity index (χ3v) is 4.28. The number of nitrogens with one attached hydrogen (secondary N) is 1. The summed E-state index contributed by atoms with van der Waals surface area (Å²) in [4.78, 5) is 21.8. The molecule has 0 aliphatic rings. The van der Waals surface area contributed by atoms with E-state index in [0.717, 1.165) is 23.9 Å². The fourth-order valence-corrected chi connectivity index (χ4v) is 2.81. The fraction of sp³-hybridized carbons (Fsp3) is 0.238. The second-order valence-electron chi connectivity index (χ2n) is 6.86. The molecule has 3 rings (SSSR count). The highest BCUT2D eigenvalue weighted by Crippen LogP contribution is 2.25. The number of benzene rings is 2. The number of halogens is 1. The molecule has 0 amide bonds. The van der Waals surface area contributed by atoms with Crippen LogP contribution < -0.4 is 5.32 Å². The van der Waals surface area contributed by atoms with E-state index in [1.807, 2.05) is 14.1 Å². The van der Waals surface area contributed by atoms with Crippen LogP contribution in [0.3, 0.4) is 0 Å². The van der Waals surface area contributed by atoms with Crippen LogP contribution in [0.4, 0.5) is 15.9 Å². The molecule has 0 aliphatic heterocycles. The second kappa shape index (κ2) is 9.20. The molecule has 0 atom stereocenters. The molecular weight excluding hydrogens is 373 g/mol. The summed E-state index contributed by atoms with van der Waals surface area (Å²) in [6.07, 6.45) is 4.40. The predicted molar refractivity (Wildman–Crippen MR) is 113 cm³/mol. The van der Waals surface area contributed by atoms with Crippen LogP contribution >= 0.6 is 0 Å². The molecule has 0 unspecified atom stereocenters. The quantitative estimate of drug-likeness (QED) is 0.349. The Balaban J connectivity index is 1.93. The summed E-state index contributed by atoms with van der Waals surface area (Å²) in [6, 6.07) is 10.6. The third-order valence-electron chi connectivity index (χ3n) is 4.28. The molecule has 0 aliphatic carbocycles. The highest BCUT2D eigenvalue weighted by Gasteiger charge is 2.12. The zero-order valence-electron chi connectivity index (χ0n) is 16.3. The van der Waals surface area contributed by atoms with Crippen LogP contribution in [0.2, 0.25) is 0 Å². The molecular formula is C21H22FN5O2. The summed E-state index contributed by atoms with van der Waals surface area (Å²) >= 11 is 0. The lowest BCUT2D eigenvalue weighted by atomic mass is 10.2. The van der Waals surface area contributed by atoms with Gasteiger partial charge in [0.1, 0.15) is 11.6 Å². The first kappa shape index (κ1) is 20.3. The number of fused-ring (bicyclic) bond motifs is 1. The van der Waals surface area contributed by atoms with Crippen molar-refractivity contribution in [3.63, 3.8) is 0 Å². The molecule has 150 valence electrons.